The Balaban J connectivity index is 1.30. The van der Waals surface area contributed by atoms with Crippen LogP contribution in [0.25, 0.3) is 0 Å². The third-order valence-electron chi connectivity index (χ3n) is 6.19. The van der Waals surface area contributed by atoms with Crippen LogP contribution in [0.2, 0.25) is 10.0 Å². The van der Waals surface area contributed by atoms with Crippen molar-refractivity contribution in [2.45, 2.75) is 32.9 Å². The first-order chi connectivity index (χ1) is 16.4. The molecule has 0 spiro atoms. The molecule has 3 aromatic rings. The number of amides is 1. The molecular formula is C28H30Cl2N2O2. The van der Waals surface area contributed by atoms with Crippen molar-refractivity contribution in [3.63, 3.8) is 0 Å². The molecule has 1 amide bonds. The molecule has 6 heteroatoms. The minimum absolute atomic E-state index is 0.0623. The molecule has 4 nitrogen and oxygen atoms in total. The highest BCUT2D eigenvalue weighted by Gasteiger charge is 2.23. The molecule has 34 heavy (non-hydrogen) atoms. The van der Waals surface area contributed by atoms with Crippen molar-refractivity contribution in [2.24, 2.45) is 0 Å². The molecule has 4 rings (SSSR count). The topological polar surface area (TPSA) is 32.8 Å². The SMILES string of the molecule is CC(C)c1ccc(OCc2cccc(C(=O)N3CCN(Cc4ccc(Cl)cc4Cl)CC3)c2)cc1. The van der Waals surface area contributed by atoms with E-state index < -0.39 is 0 Å². The van der Waals surface area contributed by atoms with E-state index in [1.54, 1.807) is 6.07 Å². The van der Waals surface area contributed by atoms with E-state index in [0.717, 1.165) is 36.5 Å². The Hall–Kier alpha value is -2.53. The van der Waals surface area contributed by atoms with Gasteiger partial charge in [0.1, 0.15) is 12.4 Å². The molecule has 0 aliphatic carbocycles. The summed E-state index contributed by atoms with van der Waals surface area (Å²) in [6, 6.07) is 21.5. The van der Waals surface area contributed by atoms with Gasteiger partial charge >= 0.3 is 0 Å². The monoisotopic (exact) mass is 496 g/mol. The van der Waals surface area contributed by atoms with Crippen LogP contribution < -0.4 is 4.74 Å². The fourth-order valence-electron chi connectivity index (χ4n) is 4.09. The molecule has 1 aliphatic heterocycles. The summed E-state index contributed by atoms with van der Waals surface area (Å²) in [6.45, 7) is 8.52. The highest BCUT2D eigenvalue weighted by molar-refractivity contribution is 6.35. The van der Waals surface area contributed by atoms with Crippen LogP contribution in [0.3, 0.4) is 0 Å². The van der Waals surface area contributed by atoms with Crippen LogP contribution in [0.5, 0.6) is 5.75 Å². The van der Waals surface area contributed by atoms with Crippen LogP contribution in [-0.4, -0.2) is 41.9 Å². The summed E-state index contributed by atoms with van der Waals surface area (Å²) in [5.41, 5.74) is 4.02. The van der Waals surface area contributed by atoms with E-state index in [9.17, 15) is 4.79 Å². The third-order valence-corrected chi connectivity index (χ3v) is 6.78. The summed E-state index contributed by atoms with van der Waals surface area (Å²) in [7, 11) is 0. The van der Waals surface area contributed by atoms with Gasteiger partial charge in [0, 0.05) is 48.3 Å². The minimum atomic E-state index is 0.0623. The van der Waals surface area contributed by atoms with Gasteiger partial charge in [-0.25, -0.2) is 0 Å². The number of nitrogens with zero attached hydrogens (tertiary/aromatic N) is 2. The lowest BCUT2D eigenvalue weighted by molar-refractivity contribution is 0.0628. The van der Waals surface area contributed by atoms with Crippen LogP contribution in [-0.2, 0) is 13.2 Å². The van der Waals surface area contributed by atoms with Gasteiger partial charge in [0.25, 0.3) is 5.91 Å². The van der Waals surface area contributed by atoms with Gasteiger partial charge in [-0.2, -0.15) is 0 Å². The number of piperazine rings is 1. The maximum atomic E-state index is 13.1. The van der Waals surface area contributed by atoms with Crippen molar-refractivity contribution >= 4 is 29.1 Å². The van der Waals surface area contributed by atoms with Crippen LogP contribution >= 0.6 is 23.2 Å². The number of benzene rings is 3. The Labute approximate surface area is 212 Å². The zero-order valence-corrected chi connectivity index (χ0v) is 21.1. The molecule has 0 radical (unpaired) electrons. The molecule has 3 aromatic carbocycles. The summed E-state index contributed by atoms with van der Waals surface area (Å²) in [5.74, 6) is 1.39. The number of hydrogen-bond donors (Lipinski definition) is 0. The predicted octanol–water partition coefficient (Wildman–Crippen LogP) is 6.65. The van der Waals surface area contributed by atoms with Gasteiger partial charge in [0.15, 0.2) is 0 Å². The Morgan fingerprint density at radius 3 is 2.35 bits per heavy atom. The molecule has 0 N–H and O–H groups in total. The van der Waals surface area contributed by atoms with E-state index in [1.165, 1.54) is 5.56 Å². The van der Waals surface area contributed by atoms with Gasteiger partial charge in [-0.1, -0.05) is 67.4 Å². The maximum absolute atomic E-state index is 13.1. The second-order valence-corrected chi connectivity index (χ2v) is 9.86. The van der Waals surface area contributed by atoms with Gasteiger partial charge in [0.2, 0.25) is 0 Å². The Morgan fingerprint density at radius 2 is 1.68 bits per heavy atom. The molecule has 1 fully saturated rings. The molecule has 1 saturated heterocycles. The molecular weight excluding hydrogens is 467 g/mol. The average molecular weight is 497 g/mol. The first kappa shape index (κ1) is 24.6. The van der Waals surface area contributed by atoms with Crippen LogP contribution in [0.15, 0.2) is 66.7 Å². The molecule has 0 aromatic heterocycles. The largest absolute Gasteiger partial charge is 0.489 e. The summed E-state index contributed by atoms with van der Waals surface area (Å²) in [5, 5.41) is 1.32. The lowest BCUT2D eigenvalue weighted by Crippen LogP contribution is -2.48. The van der Waals surface area contributed by atoms with Gasteiger partial charge in [0.05, 0.1) is 0 Å². The number of halogens is 2. The fraction of sp³-hybridized carbons (Fsp3) is 0.321. The number of carbonyl (C=O) groups is 1. The van der Waals surface area contributed by atoms with E-state index in [-0.39, 0.29) is 5.91 Å². The molecule has 0 bridgehead atoms. The highest BCUT2D eigenvalue weighted by atomic mass is 35.5. The third kappa shape index (κ3) is 6.32. The van der Waals surface area contributed by atoms with Crippen LogP contribution in [0, 0.1) is 0 Å². The van der Waals surface area contributed by atoms with Crippen molar-refractivity contribution in [2.75, 3.05) is 26.2 Å². The Bertz CT molecular complexity index is 1120. The zero-order valence-electron chi connectivity index (χ0n) is 19.6. The summed E-state index contributed by atoms with van der Waals surface area (Å²) in [4.78, 5) is 17.3. The van der Waals surface area contributed by atoms with E-state index >= 15 is 0 Å². The molecule has 1 heterocycles. The lowest BCUT2D eigenvalue weighted by atomic mass is 10.0. The first-order valence-electron chi connectivity index (χ1n) is 11.7. The quantitative estimate of drug-likeness (QED) is 0.366. The number of carbonyl (C=O) groups excluding carboxylic acids is 1. The van der Waals surface area contributed by atoms with Crippen molar-refractivity contribution in [1.82, 2.24) is 9.80 Å². The average Bonchev–Trinajstić information content (AvgIpc) is 2.85. The zero-order chi connectivity index (χ0) is 24.1. The summed E-state index contributed by atoms with van der Waals surface area (Å²) < 4.78 is 5.94. The van der Waals surface area contributed by atoms with Crippen LogP contribution in [0.1, 0.15) is 46.8 Å². The second-order valence-electron chi connectivity index (χ2n) is 9.02. The fourth-order valence-corrected chi connectivity index (χ4v) is 4.56. The van der Waals surface area contributed by atoms with E-state index in [4.69, 9.17) is 27.9 Å². The van der Waals surface area contributed by atoms with Crippen molar-refractivity contribution < 1.29 is 9.53 Å². The van der Waals surface area contributed by atoms with Crippen molar-refractivity contribution in [3.8, 4) is 5.75 Å². The van der Waals surface area contributed by atoms with Gasteiger partial charge in [-0.15, -0.1) is 0 Å². The lowest BCUT2D eigenvalue weighted by Gasteiger charge is -2.35. The van der Waals surface area contributed by atoms with E-state index in [1.807, 2.05) is 53.4 Å². The molecule has 0 atom stereocenters. The second kappa shape index (κ2) is 11.3. The van der Waals surface area contributed by atoms with Gasteiger partial charge < -0.3 is 9.64 Å². The minimum Gasteiger partial charge on any atom is -0.489 e. The predicted molar refractivity (Wildman–Crippen MR) is 139 cm³/mol. The smallest absolute Gasteiger partial charge is 0.253 e. The first-order valence-corrected chi connectivity index (χ1v) is 12.4. The van der Waals surface area contributed by atoms with Gasteiger partial charge in [-0.3, -0.25) is 9.69 Å². The van der Waals surface area contributed by atoms with Gasteiger partial charge in [-0.05, 0) is 59.0 Å². The number of rotatable bonds is 7. The molecule has 0 saturated carbocycles. The molecule has 1 aliphatic rings. The Morgan fingerprint density at radius 1 is 0.941 bits per heavy atom. The van der Waals surface area contributed by atoms with Crippen molar-refractivity contribution in [1.29, 1.82) is 0 Å². The number of ether oxygens (including phenoxy) is 1. The normalized spacial score (nSPS) is 14.4. The van der Waals surface area contributed by atoms with E-state index in [0.29, 0.717) is 41.2 Å². The number of hydrogen-bond acceptors (Lipinski definition) is 3. The molecule has 0 unspecified atom stereocenters. The summed E-state index contributed by atoms with van der Waals surface area (Å²) in [6.07, 6.45) is 0. The highest BCUT2D eigenvalue weighted by Crippen LogP contribution is 2.23. The van der Waals surface area contributed by atoms with Crippen LogP contribution in [0.4, 0.5) is 0 Å². The maximum Gasteiger partial charge on any atom is 0.253 e. The molecule has 178 valence electrons. The summed E-state index contributed by atoms with van der Waals surface area (Å²) >= 11 is 12.3. The van der Waals surface area contributed by atoms with E-state index in [2.05, 4.69) is 30.9 Å². The van der Waals surface area contributed by atoms with Crippen molar-refractivity contribution in [3.05, 3.63) is 99.0 Å². The Kier molecular flexibility index (Phi) is 8.15. The standard InChI is InChI=1S/C28H30Cl2N2O2/c1-20(2)22-7-10-26(11-8-22)34-19-21-4-3-5-23(16-21)28(33)32-14-12-31(13-15-32)18-24-6-9-25(29)17-27(24)30/h3-11,16-17,20H,12-15,18-19H2,1-2H3.